The summed E-state index contributed by atoms with van der Waals surface area (Å²) in [6.07, 6.45) is 0. The van der Waals surface area contributed by atoms with Crippen molar-refractivity contribution >= 4 is 23.1 Å². The molecule has 0 atom stereocenters. The number of hydrogen-bond donors (Lipinski definition) is 1. The van der Waals surface area contributed by atoms with Crippen LogP contribution in [0.3, 0.4) is 0 Å². The zero-order chi connectivity index (χ0) is 18.4. The molecule has 0 aromatic heterocycles. The van der Waals surface area contributed by atoms with E-state index in [2.05, 4.69) is 5.32 Å². The molecule has 130 valence electrons. The van der Waals surface area contributed by atoms with E-state index in [0.717, 1.165) is 0 Å². The maximum atomic E-state index is 12.1. The normalized spacial score (nSPS) is 10.0. The number of amides is 1. The SMILES string of the molecule is COc1ccc([N+](=O)[O-])cc1NC(=O)COc1ccccc1C(C)=O. The molecule has 0 saturated carbocycles. The van der Waals surface area contributed by atoms with Crippen LogP contribution in [0.1, 0.15) is 17.3 Å². The van der Waals surface area contributed by atoms with Crippen LogP contribution in [0, 0.1) is 10.1 Å². The molecule has 0 unspecified atom stereocenters. The number of methoxy groups -OCH3 is 1. The second kappa shape index (κ2) is 7.91. The Kier molecular flexibility index (Phi) is 5.67. The topological polar surface area (TPSA) is 108 Å². The lowest BCUT2D eigenvalue weighted by molar-refractivity contribution is -0.384. The van der Waals surface area contributed by atoms with Crippen molar-refractivity contribution in [2.75, 3.05) is 19.0 Å². The number of para-hydroxylation sites is 1. The van der Waals surface area contributed by atoms with E-state index in [1.165, 1.54) is 32.2 Å². The third kappa shape index (κ3) is 4.54. The first-order valence-corrected chi connectivity index (χ1v) is 7.27. The van der Waals surface area contributed by atoms with E-state index < -0.39 is 10.8 Å². The molecule has 0 spiro atoms. The maximum absolute atomic E-state index is 12.1. The molecule has 1 amide bonds. The summed E-state index contributed by atoms with van der Waals surface area (Å²) in [5, 5.41) is 13.3. The molecule has 2 aromatic carbocycles. The van der Waals surface area contributed by atoms with E-state index in [4.69, 9.17) is 9.47 Å². The molecular weight excluding hydrogens is 328 g/mol. The fourth-order valence-corrected chi connectivity index (χ4v) is 2.12. The fraction of sp³-hybridized carbons (Fsp3) is 0.176. The molecular formula is C17H16N2O6. The van der Waals surface area contributed by atoms with E-state index in [0.29, 0.717) is 5.56 Å². The summed E-state index contributed by atoms with van der Waals surface area (Å²) in [5.74, 6) is -0.159. The van der Waals surface area contributed by atoms with Crippen molar-refractivity contribution in [3.63, 3.8) is 0 Å². The van der Waals surface area contributed by atoms with Crippen LogP contribution in [0.2, 0.25) is 0 Å². The quantitative estimate of drug-likeness (QED) is 0.470. The van der Waals surface area contributed by atoms with Gasteiger partial charge in [-0.05, 0) is 25.1 Å². The molecule has 25 heavy (non-hydrogen) atoms. The van der Waals surface area contributed by atoms with Gasteiger partial charge in [-0.2, -0.15) is 0 Å². The molecule has 8 heteroatoms. The number of rotatable bonds is 7. The maximum Gasteiger partial charge on any atom is 0.271 e. The Balaban J connectivity index is 2.09. The third-order valence-corrected chi connectivity index (χ3v) is 3.29. The zero-order valence-corrected chi connectivity index (χ0v) is 13.6. The van der Waals surface area contributed by atoms with Gasteiger partial charge < -0.3 is 14.8 Å². The van der Waals surface area contributed by atoms with Crippen LogP contribution in [0.4, 0.5) is 11.4 Å². The van der Waals surface area contributed by atoms with Crippen molar-refractivity contribution in [1.29, 1.82) is 0 Å². The minimum Gasteiger partial charge on any atom is -0.495 e. The van der Waals surface area contributed by atoms with Crippen molar-refractivity contribution < 1.29 is 24.0 Å². The van der Waals surface area contributed by atoms with Gasteiger partial charge in [-0.25, -0.2) is 0 Å². The molecule has 0 bridgehead atoms. The summed E-state index contributed by atoms with van der Waals surface area (Å²) in [6.45, 7) is 1.03. The van der Waals surface area contributed by atoms with Crippen molar-refractivity contribution in [2.45, 2.75) is 6.92 Å². The molecule has 0 heterocycles. The second-order valence-electron chi connectivity index (χ2n) is 5.03. The number of nitro groups is 1. The van der Waals surface area contributed by atoms with E-state index >= 15 is 0 Å². The number of benzene rings is 2. The number of nitro benzene ring substituents is 1. The minimum atomic E-state index is -0.575. The van der Waals surface area contributed by atoms with Gasteiger partial charge in [-0.15, -0.1) is 0 Å². The van der Waals surface area contributed by atoms with E-state index in [-0.39, 0.29) is 35.3 Å². The molecule has 0 fully saturated rings. The van der Waals surface area contributed by atoms with Gasteiger partial charge in [0, 0.05) is 12.1 Å². The standard InChI is InChI=1S/C17H16N2O6/c1-11(20)13-5-3-4-6-15(13)25-10-17(21)18-14-9-12(19(22)23)7-8-16(14)24-2/h3-9H,10H2,1-2H3,(H,18,21). The van der Waals surface area contributed by atoms with Gasteiger partial charge in [-0.1, -0.05) is 12.1 Å². The number of anilines is 1. The number of hydrogen-bond acceptors (Lipinski definition) is 6. The minimum absolute atomic E-state index is 0.158. The van der Waals surface area contributed by atoms with Crippen molar-refractivity contribution in [3.05, 3.63) is 58.1 Å². The average molecular weight is 344 g/mol. The van der Waals surface area contributed by atoms with Crippen molar-refractivity contribution in [3.8, 4) is 11.5 Å². The van der Waals surface area contributed by atoms with Gasteiger partial charge >= 0.3 is 0 Å². The van der Waals surface area contributed by atoms with Crippen LogP contribution < -0.4 is 14.8 Å². The molecule has 2 rings (SSSR count). The van der Waals surface area contributed by atoms with Gasteiger partial charge in [-0.3, -0.25) is 19.7 Å². The number of ether oxygens (including phenoxy) is 2. The summed E-state index contributed by atoms with van der Waals surface area (Å²) in [6, 6.07) is 10.4. The highest BCUT2D eigenvalue weighted by Crippen LogP contribution is 2.28. The zero-order valence-electron chi connectivity index (χ0n) is 13.6. The van der Waals surface area contributed by atoms with Crippen LogP contribution in [-0.2, 0) is 4.79 Å². The second-order valence-corrected chi connectivity index (χ2v) is 5.03. The van der Waals surface area contributed by atoms with E-state index in [1.54, 1.807) is 24.3 Å². The van der Waals surface area contributed by atoms with Gasteiger partial charge in [0.1, 0.15) is 11.5 Å². The Morgan fingerprint density at radius 3 is 2.52 bits per heavy atom. The smallest absolute Gasteiger partial charge is 0.271 e. The molecule has 0 aliphatic carbocycles. The van der Waals surface area contributed by atoms with E-state index in [1.807, 2.05) is 0 Å². The molecule has 0 saturated heterocycles. The number of nitrogens with zero attached hydrogens (tertiary/aromatic N) is 1. The largest absolute Gasteiger partial charge is 0.495 e. The lowest BCUT2D eigenvalue weighted by Gasteiger charge is -2.12. The summed E-state index contributed by atoms with van der Waals surface area (Å²) < 4.78 is 10.4. The van der Waals surface area contributed by atoms with E-state index in [9.17, 15) is 19.7 Å². The lowest BCUT2D eigenvalue weighted by Crippen LogP contribution is -2.21. The van der Waals surface area contributed by atoms with Gasteiger partial charge in [0.15, 0.2) is 12.4 Å². The Bertz CT molecular complexity index is 819. The van der Waals surface area contributed by atoms with Crippen LogP contribution in [-0.4, -0.2) is 30.3 Å². The Hall–Kier alpha value is -3.42. The highest BCUT2D eigenvalue weighted by atomic mass is 16.6. The van der Waals surface area contributed by atoms with Gasteiger partial charge in [0.2, 0.25) is 0 Å². The predicted octanol–water partition coefficient (Wildman–Crippen LogP) is 2.82. The van der Waals surface area contributed by atoms with Crippen LogP contribution in [0.15, 0.2) is 42.5 Å². The Morgan fingerprint density at radius 2 is 1.88 bits per heavy atom. The number of nitrogens with one attached hydrogen (secondary N) is 1. The first-order valence-electron chi connectivity index (χ1n) is 7.27. The van der Waals surface area contributed by atoms with Gasteiger partial charge in [0.05, 0.1) is 23.3 Å². The molecule has 0 radical (unpaired) electrons. The Labute approximate surface area is 143 Å². The van der Waals surface area contributed by atoms with Crippen LogP contribution >= 0.6 is 0 Å². The Morgan fingerprint density at radius 1 is 1.16 bits per heavy atom. The monoisotopic (exact) mass is 344 g/mol. The number of ketones is 1. The molecule has 8 nitrogen and oxygen atoms in total. The van der Waals surface area contributed by atoms with Crippen molar-refractivity contribution in [1.82, 2.24) is 0 Å². The molecule has 0 aliphatic rings. The first-order chi connectivity index (χ1) is 11.9. The summed E-state index contributed by atoms with van der Waals surface area (Å²) in [5.41, 5.74) is 0.340. The van der Waals surface area contributed by atoms with Crippen LogP contribution in [0.25, 0.3) is 0 Å². The highest BCUT2D eigenvalue weighted by molar-refractivity contribution is 5.97. The molecule has 0 aliphatic heterocycles. The lowest BCUT2D eigenvalue weighted by atomic mass is 10.1. The average Bonchev–Trinajstić information content (AvgIpc) is 2.60. The van der Waals surface area contributed by atoms with Crippen LogP contribution in [0.5, 0.6) is 11.5 Å². The number of non-ortho nitro benzene ring substituents is 1. The fourth-order valence-electron chi connectivity index (χ4n) is 2.12. The summed E-state index contributed by atoms with van der Waals surface area (Å²) >= 11 is 0. The highest BCUT2D eigenvalue weighted by Gasteiger charge is 2.15. The third-order valence-electron chi connectivity index (χ3n) is 3.29. The van der Waals surface area contributed by atoms with Gasteiger partial charge in [0.25, 0.3) is 11.6 Å². The first kappa shape index (κ1) is 17.9. The molecule has 1 N–H and O–H groups in total. The predicted molar refractivity (Wildman–Crippen MR) is 90.2 cm³/mol. The number of Topliss-reactive ketones (excluding diaryl/α,β-unsaturated/α-hetero) is 1. The number of carbonyl (C=O) groups is 2. The van der Waals surface area contributed by atoms with Crippen molar-refractivity contribution in [2.24, 2.45) is 0 Å². The number of carbonyl (C=O) groups excluding carboxylic acids is 2. The molecule has 2 aromatic rings. The summed E-state index contributed by atoms with van der Waals surface area (Å²) in [7, 11) is 1.39. The summed E-state index contributed by atoms with van der Waals surface area (Å²) in [4.78, 5) is 33.9.